The second kappa shape index (κ2) is 8.99. The molecule has 0 unspecified atom stereocenters. The van der Waals surface area contributed by atoms with Crippen LogP contribution in [0.3, 0.4) is 0 Å². The Hall–Kier alpha value is -1.000. The Morgan fingerprint density at radius 2 is 1.84 bits per heavy atom. The SMILES string of the molecule is CCN(CC)Cc1ccccc1CNC(=O)CSC. The summed E-state index contributed by atoms with van der Waals surface area (Å²) in [5.74, 6) is 0.628. The Kier molecular flexibility index (Phi) is 7.60. The van der Waals surface area contributed by atoms with Gasteiger partial charge in [0, 0.05) is 13.1 Å². The van der Waals surface area contributed by atoms with Gasteiger partial charge in [0.1, 0.15) is 0 Å². The standard InChI is InChI=1S/C15H24N2OS/c1-4-17(5-2)11-14-9-7-6-8-13(14)10-16-15(18)12-19-3/h6-9H,4-5,10-12H2,1-3H3,(H,16,18). The lowest BCUT2D eigenvalue weighted by Gasteiger charge is -2.20. The van der Waals surface area contributed by atoms with E-state index in [0.717, 1.165) is 19.6 Å². The number of hydrogen-bond donors (Lipinski definition) is 1. The fourth-order valence-corrected chi connectivity index (χ4v) is 2.31. The topological polar surface area (TPSA) is 32.3 Å². The molecule has 0 aliphatic heterocycles. The van der Waals surface area contributed by atoms with E-state index in [1.54, 1.807) is 11.8 Å². The Balaban J connectivity index is 2.64. The van der Waals surface area contributed by atoms with Crippen molar-refractivity contribution in [3.05, 3.63) is 35.4 Å². The lowest BCUT2D eigenvalue weighted by atomic mass is 10.1. The summed E-state index contributed by atoms with van der Waals surface area (Å²) in [7, 11) is 0. The number of benzene rings is 1. The summed E-state index contributed by atoms with van der Waals surface area (Å²) in [4.78, 5) is 13.9. The minimum Gasteiger partial charge on any atom is -0.351 e. The second-order valence-corrected chi connectivity index (χ2v) is 5.31. The molecule has 3 nitrogen and oxygen atoms in total. The summed E-state index contributed by atoms with van der Waals surface area (Å²) in [5, 5.41) is 2.97. The van der Waals surface area contributed by atoms with Crippen molar-refractivity contribution in [3.63, 3.8) is 0 Å². The molecule has 0 fully saturated rings. The van der Waals surface area contributed by atoms with Crippen LogP contribution in [0.1, 0.15) is 25.0 Å². The fraction of sp³-hybridized carbons (Fsp3) is 0.533. The van der Waals surface area contributed by atoms with Crippen LogP contribution in [0.25, 0.3) is 0 Å². The molecule has 0 aromatic heterocycles. The summed E-state index contributed by atoms with van der Waals surface area (Å²) < 4.78 is 0. The van der Waals surface area contributed by atoms with Crippen LogP contribution in [-0.4, -0.2) is 35.9 Å². The van der Waals surface area contributed by atoms with E-state index in [9.17, 15) is 4.79 Å². The van der Waals surface area contributed by atoms with Gasteiger partial charge >= 0.3 is 0 Å². The first kappa shape index (κ1) is 16.1. The lowest BCUT2D eigenvalue weighted by Crippen LogP contribution is -2.27. The average Bonchev–Trinajstić information content (AvgIpc) is 2.44. The third-order valence-electron chi connectivity index (χ3n) is 3.16. The Labute approximate surface area is 120 Å². The van der Waals surface area contributed by atoms with Gasteiger partial charge in [0.15, 0.2) is 0 Å². The molecule has 0 spiro atoms. The van der Waals surface area contributed by atoms with E-state index in [0.29, 0.717) is 12.3 Å². The maximum atomic E-state index is 11.5. The molecule has 0 atom stereocenters. The number of hydrogen-bond acceptors (Lipinski definition) is 3. The van der Waals surface area contributed by atoms with Crippen LogP contribution in [0, 0.1) is 0 Å². The number of rotatable bonds is 8. The van der Waals surface area contributed by atoms with E-state index in [1.807, 2.05) is 12.3 Å². The van der Waals surface area contributed by atoms with Gasteiger partial charge in [-0.25, -0.2) is 0 Å². The Bertz CT molecular complexity index is 391. The fourth-order valence-electron chi connectivity index (χ4n) is 1.95. The van der Waals surface area contributed by atoms with Crippen LogP contribution in [0.4, 0.5) is 0 Å². The minimum atomic E-state index is 0.102. The molecule has 0 saturated heterocycles. The van der Waals surface area contributed by atoms with E-state index in [4.69, 9.17) is 0 Å². The quantitative estimate of drug-likeness (QED) is 0.794. The normalized spacial score (nSPS) is 10.7. The molecule has 1 aromatic rings. The Morgan fingerprint density at radius 1 is 1.21 bits per heavy atom. The molecule has 4 heteroatoms. The molecule has 0 radical (unpaired) electrons. The smallest absolute Gasteiger partial charge is 0.230 e. The van der Waals surface area contributed by atoms with Crippen molar-refractivity contribution in [2.45, 2.75) is 26.9 Å². The van der Waals surface area contributed by atoms with Gasteiger partial charge in [0.25, 0.3) is 0 Å². The molecule has 0 saturated carbocycles. The van der Waals surface area contributed by atoms with Gasteiger partial charge in [-0.2, -0.15) is 11.8 Å². The molecular formula is C15H24N2OS. The van der Waals surface area contributed by atoms with Crippen molar-refractivity contribution in [2.75, 3.05) is 25.1 Å². The number of nitrogens with one attached hydrogen (secondary N) is 1. The number of thioether (sulfide) groups is 1. The zero-order valence-electron chi connectivity index (χ0n) is 12.1. The van der Waals surface area contributed by atoms with E-state index in [1.165, 1.54) is 11.1 Å². The number of nitrogens with zero attached hydrogens (tertiary/aromatic N) is 1. The first-order valence-electron chi connectivity index (χ1n) is 6.76. The van der Waals surface area contributed by atoms with Crippen molar-refractivity contribution in [2.24, 2.45) is 0 Å². The monoisotopic (exact) mass is 280 g/mol. The molecule has 1 aromatic carbocycles. The molecule has 0 heterocycles. The largest absolute Gasteiger partial charge is 0.351 e. The summed E-state index contributed by atoms with van der Waals surface area (Å²) in [6, 6.07) is 8.33. The molecule has 1 N–H and O–H groups in total. The maximum absolute atomic E-state index is 11.5. The van der Waals surface area contributed by atoms with Crippen LogP contribution in [-0.2, 0) is 17.9 Å². The van der Waals surface area contributed by atoms with Crippen LogP contribution in [0.15, 0.2) is 24.3 Å². The predicted molar refractivity (Wildman–Crippen MR) is 83.3 cm³/mol. The molecule has 0 bridgehead atoms. The molecule has 106 valence electrons. The first-order valence-corrected chi connectivity index (χ1v) is 8.15. The van der Waals surface area contributed by atoms with E-state index < -0.39 is 0 Å². The van der Waals surface area contributed by atoms with Crippen molar-refractivity contribution < 1.29 is 4.79 Å². The summed E-state index contributed by atoms with van der Waals surface area (Å²) >= 11 is 1.55. The molecule has 1 rings (SSSR count). The van der Waals surface area contributed by atoms with Crippen molar-refractivity contribution in [1.29, 1.82) is 0 Å². The molecule has 0 aliphatic rings. The van der Waals surface area contributed by atoms with Gasteiger partial charge in [0.05, 0.1) is 5.75 Å². The van der Waals surface area contributed by atoms with E-state index in [2.05, 4.69) is 42.3 Å². The highest BCUT2D eigenvalue weighted by atomic mass is 32.2. The molecule has 0 aliphatic carbocycles. The number of carbonyl (C=O) groups is 1. The van der Waals surface area contributed by atoms with Gasteiger partial charge in [0.2, 0.25) is 5.91 Å². The van der Waals surface area contributed by atoms with E-state index in [-0.39, 0.29) is 5.91 Å². The molecular weight excluding hydrogens is 256 g/mol. The highest BCUT2D eigenvalue weighted by Gasteiger charge is 2.07. The van der Waals surface area contributed by atoms with Crippen LogP contribution >= 0.6 is 11.8 Å². The van der Waals surface area contributed by atoms with Crippen LogP contribution in [0.5, 0.6) is 0 Å². The van der Waals surface area contributed by atoms with Crippen LogP contribution in [0.2, 0.25) is 0 Å². The summed E-state index contributed by atoms with van der Waals surface area (Å²) in [5.41, 5.74) is 2.51. The Morgan fingerprint density at radius 3 is 2.42 bits per heavy atom. The van der Waals surface area contributed by atoms with Crippen molar-refractivity contribution in [3.8, 4) is 0 Å². The first-order chi connectivity index (χ1) is 9.21. The second-order valence-electron chi connectivity index (χ2n) is 4.44. The minimum absolute atomic E-state index is 0.102. The summed E-state index contributed by atoms with van der Waals surface area (Å²) in [6.45, 7) is 8.00. The highest BCUT2D eigenvalue weighted by molar-refractivity contribution is 7.99. The maximum Gasteiger partial charge on any atom is 0.230 e. The number of amides is 1. The highest BCUT2D eigenvalue weighted by Crippen LogP contribution is 2.11. The third kappa shape index (κ3) is 5.66. The third-order valence-corrected chi connectivity index (χ3v) is 3.71. The van der Waals surface area contributed by atoms with Gasteiger partial charge in [-0.1, -0.05) is 38.1 Å². The predicted octanol–water partition coefficient (Wildman–Crippen LogP) is 2.51. The van der Waals surface area contributed by atoms with Crippen molar-refractivity contribution in [1.82, 2.24) is 10.2 Å². The van der Waals surface area contributed by atoms with Crippen molar-refractivity contribution >= 4 is 17.7 Å². The lowest BCUT2D eigenvalue weighted by molar-refractivity contribution is -0.118. The van der Waals surface area contributed by atoms with Gasteiger partial charge < -0.3 is 5.32 Å². The zero-order chi connectivity index (χ0) is 14.1. The average molecular weight is 280 g/mol. The van der Waals surface area contributed by atoms with Gasteiger partial charge in [-0.3, -0.25) is 9.69 Å². The molecule has 1 amide bonds. The van der Waals surface area contributed by atoms with E-state index >= 15 is 0 Å². The van der Waals surface area contributed by atoms with Gasteiger partial charge in [-0.05, 0) is 30.5 Å². The molecule has 19 heavy (non-hydrogen) atoms. The number of carbonyl (C=O) groups excluding carboxylic acids is 1. The summed E-state index contributed by atoms with van der Waals surface area (Å²) in [6.07, 6.45) is 1.94. The van der Waals surface area contributed by atoms with Gasteiger partial charge in [-0.15, -0.1) is 0 Å². The van der Waals surface area contributed by atoms with Crippen LogP contribution < -0.4 is 5.32 Å². The zero-order valence-corrected chi connectivity index (χ0v) is 12.9.